The number of aromatic nitrogens is 1. The predicted molar refractivity (Wildman–Crippen MR) is 98.2 cm³/mol. The van der Waals surface area contributed by atoms with Crippen molar-refractivity contribution >= 4 is 11.0 Å². The van der Waals surface area contributed by atoms with E-state index in [0.29, 0.717) is 36.8 Å². The molecular weight excluding hydrogens is 351 g/mol. The van der Waals surface area contributed by atoms with Gasteiger partial charge < -0.3 is 19.1 Å². The number of halogens is 1. The molecule has 7 heteroatoms. The highest BCUT2D eigenvalue weighted by atomic mass is 19.1. The van der Waals surface area contributed by atoms with Gasteiger partial charge in [-0.05, 0) is 36.4 Å². The predicted octanol–water partition coefficient (Wildman–Crippen LogP) is 2.71. The van der Waals surface area contributed by atoms with Gasteiger partial charge in [0.15, 0.2) is 5.58 Å². The molecular formula is C20H21FN2O4. The van der Waals surface area contributed by atoms with Crippen molar-refractivity contribution in [3.05, 3.63) is 48.3 Å². The molecule has 1 aromatic heterocycles. The van der Waals surface area contributed by atoms with E-state index in [9.17, 15) is 9.50 Å². The Bertz CT molecular complexity index is 891. The Morgan fingerprint density at radius 2 is 1.93 bits per heavy atom. The molecule has 0 bridgehead atoms. The zero-order valence-corrected chi connectivity index (χ0v) is 14.8. The number of nitrogens with zero attached hydrogens (tertiary/aromatic N) is 2. The molecule has 2 aromatic carbocycles. The first-order valence-corrected chi connectivity index (χ1v) is 8.95. The SMILES string of the molecule is OC(COc1ccc(-c2noc3cc(F)ccc23)cc1)CN1CCOCC1. The molecule has 1 N–H and O–H groups in total. The van der Waals surface area contributed by atoms with E-state index in [4.69, 9.17) is 14.0 Å². The largest absolute Gasteiger partial charge is 0.491 e. The fourth-order valence-corrected chi connectivity index (χ4v) is 3.16. The topological polar surface area (TPSA) is 68.0 Å². The van der Waals surface area contributed by atoms with Crippen LogP contribution in [0.1, 0.15) is 0 Å². The maximum absolute atomic E-state index is 13.3. The van der Waals surface area contributed by atoms with E-state index in [0.717, 1.165) is 24.0 Å². The second-order valence-corrected chi connectivity index (χ2v) is 6.57. The molecule has 6 nitrogen and oxygen atoms in total. The van der Waals surface area contributed by atoms with Crippen LogP contribution >= 0.6 is 0 Å². The van der Waals surface area contributed by atoms with Crippen molar-refractivity contribution in [2.45, 2.75) is 6.10 Å². The number of morpholine rings is 1. The average molecular weight is 372 g/mol. The van der Waals surface area contributed by atoms with E-state index in [1.807, 2.05) is 24.3 Å². The molecule has 2 heterocycles. The minimum atomic E-state index is -0.558. The van der Waals surface area contributed by atoms with Crippen LogP contribution in [0.25, 0.3) is 22.2 Å². The van der Waals surface area contributed by atoms with Crippen LogP contribution in [0.5, 0.6) is 5.75 Å². The lowest BCUT2D eigenvalue weighted by molar-refractivity contribution is 0.00466. The number of hydrogen-bond donors (Lipinski definition) is 1. The maximum atomic E-state index is 13.3. The second-order valence-electron chi connectivity index (χ2n) is 6.57. The molecule has 0 amide bonds. The number of rotatable bonds is 6. The molecule has 1 fully saturated rings. The van der Waals surface area contributed by atoms with Crippen LogP contribution in [0.2, 0.25) is 0 Å². The van der Waals surface area contributed by atoms with Crippen LogP contribution in [0.3, 0.4) is 0 Å². The van der Waals surface area contributed by atoms with Gasteiger partial charge in [0.05, 0.1) is 13.2 Å². The van der Waals surface area contributed by atoms with Gasteiger partial charge in [-0.15, -0.1) is 0 Å². The van der Waals surface area contributed by atoms with Gasteiger partial charge in [-0.3, -0.25) is 4.90 Å². The maximum Gasteiger partial charge on any atom is 0.170 e. The van der Waals surface area contributed by atoms with Gasteiger partial charge in [-0.1, -0.05) is 5.16 Å². The second kappa shape index (κ2) is 8.04. The van der Waals surface area contributed by atoms with E-state index in [-0.39, 0.29) is 12.4 Å². The summed E-state index contributed by atoms with van der Waals surface area (Å²) in [5, 5.41) is 14.9. The van der Waals surface area contributed by atoms with Gasteiger partial charge in [0.1, 0.15) is 30.0 Å². The normalized spacial score (nSPS) is 16.5. The molecule has 0 radical (unpaired) electrons. The zero-order chi connectivity index (χ0) is 18.6. The highest BCUT2D eigenvalue weighted by molar-refractivity contribution is 5.91. The van der Waals surface area contributed by atoms with E-state index in [1.54, 1.807) is 6.07 Å². The Balaban J connectivity index is 1.37. The summed E-state index contributed by atoms with van der Waals surface area (Å²) in [6.07, 6.45) is -0.558. The number of β-amino-alcohol motifs (C(OH)–C–C–N with tert-alkyl or cyclic N) is 1. The van der Waals surface area contributed by atoms with Crippen molar-refractivity contribution in [2.75, 3.05) is 39.5 Å². The van der Waals surface area contributed by atoms with Crippen molar-refractivity contribution in [1.82, 2.24) is 10.1 Å². The van der Waals surface area contributed by atoms with Crippen molar-refractivity contribution in [1.29, 1.82) is 0 Å². The molecule has 142 valence electrons. The molecule has 27 heavy (non-hydrogen) atoms. The molecule has 1 aliphatic heterocycles. The first kappa shape index (κ1) is 17.9. The van der Waals surface area contributed by atoms with Gasteiger partial charge in [0, 0.05) is 36.7 Å². The number of aliphatic hydroxyl groups is 1. The molecule has 0 aliphatic carbocycles. The monoisotopic (exact) mass is 372 g/mol. The number of fused-ring (bicyclic) bond motifs is 1. The molecule has 3 aromatic rings. The van der Waals surface area contributed by atoms with Crippen molar-refractivity contribution in [3.8, 4) is 17.0 Å². The summed E-state index contributed by atoms with van der Waals surface area (Å²) in [6, 6.07) is 11.7. The van der Waals surface area contributed by atoms with Gasteiger partial charge >= 0.3 is 0 Å². The molecule has 1 saturated heterocycles. The molecule has 1 atom stereocenters. The Hall–Kier alpha value is -2.48. The first-order chi connectivity index (χ1) is 13.2. The van der Waals surface area contributed by atoms with Gasteiger partial charge in [0.25, 0.3) is 0 Å². The lowest BCUT2D eigenvalue weighted by atomic mass is 10.1. The van der Waals surface area contributed by atoms with E-state index >= 15 is 0 Å². The molecule has 1 aliphatic rings. The van der Waals surface area contributed by atoms with Crippen LogP contribution in [0, 0.1) is 5.82 Å². The van der Waals surface area contributed by atoms with E-state index in [2.05, 4.69) is 10.1 Å². The minimum Gasteiger partial charge on any atom is -0.491 e. The van der Waals surface area contributed by atoms with Gasteiger partial charge in [0.2, 0.25) is 0 Å². The molecule has 0 saturated carbocycles. The molecule has 1 unspecified atom stereocenters. The molecule has 4 rings (SSSR count). The summed E-state index contributed by atoms with van der Waals surface area (Å²) in [7, 11) is 0. The Labute approximate surface area is 156 Å². The van der Waals surface area contributed by atoms with Crippen molar-refractivity contribution < 1.29 is 23.5 Å². The van der Waals surface area contributed by atoms with Gasteiger partial charge in [-0.2, -0.15) is 0 Å². The fourth-order valence-electron chi connectivity index (χ4n) is 3.16. The zero-order valence-electron chi connectivity index (χ0n) is 14.8. The minimum absolute atomic E-state index is 0.225. The van der Waals surface area contributed by atoms with Crippen molar-refractivity contribution in [2.24, 2.45) is 0 Å². The Morgan fingerprint density at radius 1 is 1.15 bits per heavy atom. The summed E-state index contributed by atoms with van der Waals surface area (Å²) in [6.45, 7) is 3.88. The highest BCUT2D eigenvalue weighted by Crippen LogP contribution is 2.29. The van der Waals surface area contributed by atoms with Crippen LogP contribution in [-0.2, 0) is 4.74 Å². The summed E-state index contributed by atoms with van der Waals surface area (Å²) in [5.74, 6) is 0.309. The van der Waals surface area contributed by atoms with Crippen LogP contribution in [0.4, 0.5) is 4.39 Å². The Kier molecular flexibility index (Phi) is 5.33. The van der Waals surface area contributed by atoms with Gasteiger partial charge in [-0.25, -0.2) is 4.39 Å². The first-order valence-electron chi connectivity index (χ1n) is 8.95. The van der Waals surface area contributed by atoms with E-state index in [1.165, 1.54) is 12.1 Å². The van der Waals surface area contributed by atoms with Crippen LogP contribution in [0.15, 0.2) is 47.0 Å². The third kappa shape index (κ3) is 4.27. The lowest BCUT2D eigenvalue weighted by Gasteiger charge is -2.28. The third-order valence-corrected chi connectivity index (χ3v) is 4.58. The average Bonchev–Trinajstić information content (AvgIpc) is 3.10. The van der Waals surface area contributed by atoms with Crippen molar-refractivity contribution in [3.63, 3.8) is 0 Å². The molecule has 0 spiro atoms. The summed E-state index contributed by atoms with van der Waals surface area (Å²) in [5.41, 5.74) is 1.92. The number of benzene rings is 2. The summed E-state index contributed by atoms with van der Waals surface area (Å²) >= 11 is 0. The number of hydrogen-bond acceptors (Lipinski definition) is 6. The van der Waals surface area contributed by atoms with Crippen LogP contribution in [-0.4, -0.2) is 60.7 Å². The van der Waals surface area contributed by atoms with Crippen LogP contribution < -0.4 is 4.74 Å². The third-order valence-electron chi connectivity index (χ3n) is 4.58. The lowest BCUT2D eigenvalue weighted by Crippen LogP contribution is -2.42. The van der Waals surface area contributed by atoms with E-state index < -0.39 is 6.10 Å². The fraction of sp³-hybridized carbons (Fsp3) is 0.350. The Morgan fingerprint density at radius 3 is 2.70 bits per heavy atom. The summed E-state index contributed by atoms with van der Waals surface area (Å²) < 4.78 is 29.4. The quantitative estimate of drug-likeness (QED) is 0.718. The number of aliphatic hydroxyl groups excluding tert-OH is 1. The smallest absolute Gasteiger partial charge is 0.170 e. The number of ether oxygens (including phenoxy) is 2. The summed E-state index contributed by atoms with van der Waals surface area (Å²) in [4.78, 5) is 2.17. The highest BCUT2D eigenvalue weighted by Gasteiger charge is 2.16. The standard InChI is InChI=1S/C20H21FN2O4/c21-15-3-6-18-19(11-15)27-22-20(18)14-1-4-17(5-2-14)26-13-16(24)12-23-7-9-25-10-8-23/h1-6,11,16,24H,7-10,12-13H2.